The Morgan fingerprint density at radius 1 is 1.00 bits per heavy atom. The van der Waals surface area contributed by atoms with Gasteiger partial charge in [-0.25, -0.2) is 9.37 Å². The van der Waals surface area contributed by atoms with Crippen LogP contribution in [0.2, 0.25) is 0 Å². The molecule has 1 aromatic heterocycles. The lowest BCUT2D eigenvalue weighted by atomic mass is 9.82. The van der Waals surface area contributed by atoms with Gasteiger partial charge in [-0.1, -0.05) is 36.4 Å². The largest absolute Gasteiger partial charge is 0.298 e. The highest BCUT2D eigenvalue weighted by Crippen LogP contribution is 2.25. The predicted molar refractivity (Wildman–Crippen MR) is 112 cm³/mol. The van der Waals surface area contributed by atoms with Gasteiger partial charge in [0, 0.05) is 30.2 Å². The number of rotatable bonds is 4. The number of Topliss-reactive ketones (excluding diaryl/α,β-unsaturated/α-hetero) is 3. The van der Waals surface area contributed by atoms with Gasteiger partial charge in [-0.15, -0.1) is 0 Å². The number of carbonyl (C=O) groups is 3. The van der Waals surface area contributed by atoms with Gasteiger partial charge in [-0.05, 0) is 25.5 Å². The summed E-state index contributed by atoms with van der Waals surface area (Å²) in [4.78, 5) is 55.4. The van der Waals surface area contributed by atoms with E-state index in [0.717, 1.165) is 6.20 Å². The second-order valence-corrected chi connectivity index (χ2v) is 7.47. The third kappa shape index (κ3) is 3.63. The number of ketones is 3. The van der Waals surface area contributed by atoms with Crippen LogP contribution in [0.3, 0.4) is 0 Å². The molecule has 1 saturated carbocycles. The summed E-state index contributed by atoms with van der Waals surface area (Å²) >= 11 is 0. The molecule has 0 radical (unpaired) electrons. The van der Waals surface area contributed by atoms with Crippen LogP contribution in [-0.2, 0) is 9.59 Å². The first kappa shape index (κ1) is 20.5. The first-order chi connectivity index (χ1) is 14.9. The van der Waals surface area contributed by atoms with Crippen molar-refractivity contribution in [3.8, 4) is 17.1 Å². The van der Waals surface area contributed by atoms with Crippen molar-refractivity contribution in [3.63, 3.8) is 0 Å². The van der Waals surface area contributed by atoms with Crippen LogP contribution in [0.25, 0.3) is 17.1 Å². The lowest BCUT2D eigenvalue weighted by Crippen LogP contribution is -2.39. The third-order valence-electron chi connectivity index (χ3n) is 5.49. The normalized spacial score (nSPS) is 14.6. The minimum absolute atomic E-state index is 0.120. The van der Waals surface area contributed by atoms with E-state index >= 15 is 0 Å². The van der Waals surface area contributed by atoms with Gasteiger partial charge in [-0.3, -0.25) is 23.7 Å². The molecular formula is C24H19FN2O4. The molecule has 156 valence electrons. The minimum atomic E-state index is -1.48. The van der Waals surface area contributed by atoms with E-state index in [1.807, 2.05) is 0 Å². The van der Waals surface area contributed by atoms with Crippen molar-refractivity contribution in [1.29, 1.82) is 0 Å². The van der Waals surface area contributed by atoms with E-state index in [1.165, 1.54) is 23.6 Å². The zero-order chi connectivity index (χ0) is 22.1. The molecule has 0 unspecified atom stereocenters. The maximum atomic E-state index is 14.3. The Hall–Kier alpha value is -3.74. The zero-order valence-electron chi connectivity index (χ0n) is 16.8. The van der Waals surface area contributed by atoms with Crippen LogP contribution in [0.1, 0.15) is 35.2 Å². The SMILES string of the molecule is Cc1c(F)cccc1-n1c(-c2ccccc2)ncc(C(=O)C2C(=O)CCCC2=O)c1=O. The van der Waals surface area contributed by atoms with Crippen LogP contribution < -0.4 is 5.56 Å². The van der Waals surface area contributed by atoms with Crippen LogP contribution in [0.4, 0.5) is 4.39 Å². The summed E-state index contributed by atoms with van der Waals surface area (Å²) in [5.41, 5.74) is -0.0898. The van der Waals surface area contributed by atoms with E-state index in [4.69, 9.17) is 0 Å². The highest BCUT2D eigenvalue weighted by atomic mass is 19.1. The number of benzene rings is 2. The fourth-order valence-electron chi connectivity index (χ4n) is 3.83. The molecular weight excluding hydrogens is 399 g/mol. The Balaban J connectivity index is 1.96. The summed E-state index contributed by atoms with van der Waals surface area (Å²) in [6, 6.07) is 13.1. The highest BCUT2D eigenvalue weighted by molar-refractivity contribution is 6.24. The molecule has 2 aromatic carbocycles. The Morgan fingerprint density at radius 3 is 2.35 bits per heavy atom. The van der Waals surface area contributed by atoms with Crippen molar-refractivity contribution in [2.75, 3.05) is 0 Å². The number of hydrogen-bond acceptors (Lipinski definition) is 5. The second-order valence-electron chi connectivity index (χ2n) is 7.47. The molecule has 7 heteroatoms. The number of hydrogen-bond donors (Lipinski definition) is 0. The van der Waals surface area contributed by atoms with Crippen molar-refractivity contribution in [2.24, 2.45) is 5.92 Å². The molecule has 0 spiro atoms. The fourth-order valence-corrected chi connectivity index (χ4v) is 3.83. The summed E-state index contributed by atoms with van der Waals surface area (Å²) in [5.74, 6) is -3.60. The molecule has 6 nitrogen and oxygen atoms in total. The topological polar surface area (TPSA) is 86.1 Å². The van der Waals surface area contributed by atoms with E-state index < -0.39 is 34.6 Å². The molecule has 0 saturated heterocycles. The quantitative estimate of drug-likeness (QED) is 0.478. The van der Waals surface area contributed by atoms with Gasteiger partial charge in [0.2, 0.25) is 0 Å². The summed E-state index contributed by atoms with van der Waals surface area (Å²) in [7, 11) is 0. The van der Waals surface area contributed by atoms with Crippen LogP contribution in [0.15, 0.2) is 59.5 Å². The second kappa shape index (κ2) is 8.18. The highest BCUT2D eigenvalue weighted by Gasteiger charge is 2.38. The van der Waals surface area contributed by atoms with Crippen molar-refractivity contribution in [3.05, 3.63) is 82.0 Å². The summed E-state index contributed by atoms with van der Waals surface area (Å²) in [6.07, 6.45) is 1.75. The minimum Gasteiger partial charge on any atom is -0.298 e. The van der Waals surface area contributed by atoms with Gasteiger partial charge in [-0.2, -0.15) is 0 Å². The maximum Gasteiger partial charge on any atom is 0.269 e. The average Bonchev–Trinajstić information content (AvgIpc) is 2.76. The van der Waals surface area contributed by atoms with Crippen LogP contribution in [0, 0.1) is 18.7 Å². The molecule has 1 fully saturated rings. The van der Waals surface area contributed by atoms with E-state index in [0.29, 0.717) is 12.0 Å². The first-order valence-electron chi connectivity index (χ1n) is 9.92. The number of halogens is 1. The third-order valence-corrected chi connectivity index (χ3v) is 5.49. The fraction of sp³-hybridized carbons (Fsp3) is 0.208. The molecule has 1 aliphatic carbocycles. The van der Waals surface area contributed by atoms with Gasteiger partial charge in [0.05, 0.1) is 5.69 Å². The van der Waals surface area contributed by atoms with Crippen LogP contribution >= 0.6 is 0 Å². The molecule has 0 atom stereocenters. The smallest absolute Gasteiger partial charge is 0.269 e. The lowest BCUT2D eigenvalue weighted by molar-refractivity contribution is -0.133. The standard InChI is InChI=1S/C24H19FN2O4/c1-14-17(25)9-5-10-18(14)27-23(15-7-3-2-4-8-15)26-13-16(24(27)31)22(30)21-19(28)11-6-12-20(21)29/h2-5,7-10,13,21H,6,11-12H2,1H3. The van der Waals surface area contributed by atoms with E-state index in [-0.39, 0.29) is 35.5 Å². The zero-order valence-corrected chi connectivity index (χ0v) is 16.8. The van der Waals surface area contributed by atoms with Gasteiger partial charge < -0.3 is 0 Å². The van der Waals surface area contributed by atoms with Crippen molar-refractivity contribution < 1.29 is 18.8 Å². The summed E-state index contributed by atoms with van der Waals surface area (Å²) < 4.78 is 15.5. The molecule has 0 aliphatic heterocycles. The molecule has 0 N–H and O–H groups in total. The monoisotopic (exact) mass is 418 g/mol. The molecule has 3 aromatic rings. The first-order valence-corrected chi connectivity index (χ1v) is 9.92. The van der Waals surface area contributed by atoms with Crippen molar-refractivity contribution in [1.82, 2.24) is 9.55 Å². The van der Waals surface area contributed by atoms with E-state index in [1.54, 1.807) is 36.4 Å². The van der Waals surface area contributed by atoms with Crippen molar-refractivity contribution in [2.45, 2.75) is 26.2 Å². The molecule has 0 amide bonds. The molecule has 0 bridgehead atoms. The van der Waals surface area contributed by atoms with Gasteiger partial charge in [0.1, 0.15) is 23.1 Å². The molecule has 4 rings (SSSR count). The average molecular weight is 418 g/mol. The van der Waals surface area contributed by atoms with Crippen LogP contribution in [-0.4, -0.2) is 26.9 Å². The predicted octanol–water partition coefficient (Wildman–Crippen LogP) is 3.47. The Morgan fingerprint density at radius 2 is 1.68 bits per heavy atom. The van der Waals surface area contributed by atoms with E-state index in [9.17, 15) is 23.6 Å². The van der Waals surface area contributed by atoms with Gasteiger partial charge >= 0.3 is 0 Å². The van der Waals surface area contributed by atoms with Gasteiger partial charge in [0.15, 0.2) is 17.3 Å². The maximum absolute atomic E-state index is 14.3. The summed E-state index contributed by atoms with van der Waals surface area (Å²) in [6.45, 7) is 1.52. The van der Waals surface area contributed by atoms with Crippen LogP contribution in [0.5, 0.6) is 0 Å². The van der Waals surface area contributed by atoms with E-state index in [2.05, 4.69) is 4.98 Å². The lowest BCUT2D eigenvalue weighted by Gasteiger charge is -2.19. The number of aromatic nitrogens is 2. The molecule has 1 aliphatic rings. The Kier molecular flexibility index (Phi) is 5.42. The molecule has 31 heavy (non-hydrogen) atoms. The molecule has 1 heterocycles. The van der Waals surface area contributed by atoms with Gasteiger partial charge in [0.25, 0.3) is 5.56 Å². The van der Waals surface area contributed by atoms with Crippen molar-refractivity contribution >= 4 is 17.3 Å². The Labute approximate surface area is 177 Å². The Bertz CT molecular complexity index is 1250. The number of nitrogens with zero attached hydrogens (tertiary/aromatic N) is 2. The number of carbonyl (C=O) groups excluding carboxylic acids is 3. The summed E-state index contributed by atoms with van der Waals surface area (Å²) in [5, 5.41) is 0.